The molecule has 0 saturated heterocycles. The van der Waals surface area contributed by atoms with Crippen molar-refractivity contribution in [1.82, 2.24) is 25.4 Å². The van der Waals surface area contributed by atoms with Crippen molar-refractivity contribution in [2.24, 2.45) is 18.0 Å². The topological polar surface area (TPSA) is 76.4 Å². The summed E-state index contributed by atoms with van der Waals surface area (Å²) in [7, 11) is 3.76. The van der Waals surface area contributed by atoms with Gasteiger partial charge in [-0.3, -0.25) is 4.99 Å². The average molecular weight is 336 g/mol. The molecule has 1 heterocycles. The molecule has 0 bridgehead atoms. The van der Waals surface area contributed by atoms with Gasteiger partial charge in [0.15, 0.2) is 11.8 Å². The van der Waals surface area contributed by atoms with E-state index < -0.39 is 0 Å². The first-order valence-corrected chi connectivity index (χ1v) is 9.06. The highest BCUT2D eigenvalue weighted by Gasteiger charge is 2.25. The highest BCUT2D eigenvalue weighted by Crippen LogP contribution is 2.30. The number of nitrogens with one attached hydrogen (secondary N) is 2. The van der Waals surface area contributed by atoms with Crippen molar-refractivity contribution in [3.63, 3.8) is 0 Å². The fraction of sp³-hybridized carbons (Fsp3) is 0.824. The van der Waals surface area contributed by atoms with Crippen LogP contribution in [-0.2, 0) is 18.3 Å². The molecule has 1 saturated carbocycles. The van der Waals surface area contributed by atoms with Gasteiger partial charge in [-0.2, -0.15) is 0 Å². The molecule has 1 aliphatic carbocycles. The van der Waals surface area contributed by atoms with Crippen LogP contribution in [0.15, 0.2) is 4.99 Å². The largest absolute Gasteiger partial charge is 0.378 e. The number of aromatic nitrogens is 3. The molecule has 136 valence electrons. The second-order valence-corrected chi connectivity index (χ2v) is 6.40. The van der Waals surface area contributed by atoms with E-state index in [4.69, 9.17) is 4.74 Å². The van der Waals surface area contributed by atoms with E-state index in [1.165, 1.54) is 25.7 Å². The molecule has 1 aromatic heterocycles. The molecule has 0 spiro atoms. The fourth-order valence-electron chi connectivity index (χ4n) is 3.32. The molecule has 1 unspecified atom stereocenters. The van der Waals surface area contributed by atoms with Gasteiger partial charge in [0.05, 0.1) is 12.6 Å². The first-order chi connectivity index (χ1) is 11.7. The Morgan fingerprint density at radius 2 is 2.08 bits per heavy atom. The van der Waals surface area contributed by atoms with Crippen LogP contribution in [-0.4, -0.2) is 47.0 Å². The maximum atomic E-state index is 5.97. The summed E-state index contributed by atoms with van der Waals surface area (Å²) >= 11 is 0. The zero-order valence-corrected chi connectivity index (χ0v) is 15.5. The van der Waals surface area contributed by atoms with E-state index in [1.54, 1.807) is 7.05 Å². The van der Waals surface area contributed by atoms with Crippen LogP contribution >= 0.6 is 0 Å². The number of aliphatic imine (C=N–C) groups is 1. The van der Waals surface area contributed by atoms with Gasteiger partial charge in [0.2, 0.25) is 0 Å². The lowest BCUT2D eigenvalue weighted by atomic mass is 9.98. The van der Waals surface area contributed by atoms with Crippen molar-refractivity contribution in [2.45, 2.75) is 58.6 Å². The van der Waals surface area contributed by atoms with Gasteiger partial charge in [0.25, 0.3) is 0 Å². The molecule has 1 atom stereocenters. The minimum absolute atomic E-state index is 0.365. The third kappa shape index (κ3) is 5.19. The molecule has 0 aromatic carbocycles. The molecule has 0 aliphatic heterocycles. The quantitative estimate of drug-likeness (QED) is 0.559. The Hall–Kier alpha value is -1.63. The summed E-state index contributed by atoms with van der Waals surface area (Å²) in [6.45, 7) is 6.28. The van der Waals surface area contributed by atoms with E-state index in [1.807, 2.05) is 18.5 Å². The predicted molar refractivity (Wildman–Crippen MR) is 95.9 cm³/mol. The number of hydrogen-bond acceptors (Lipinski definition) is 4. The molecule has 1 aliphatic rings. The standard InChI is InChI=1S/C17H32N6O/c1-5-24-15(14-8-6-7-9-14)10-11-19-17(18-3)20-12-16-22-21-13(2)23(16)4/h14-15H,5-12H2,1-4H3,(H2,18,19,20). The van der Waals surface area contributed by atoms with Crippen LogP contribution in [0.4, 0.5) is 0 Å². The number of ether oxygens (including phenoxy) is 1. The van der Waals surface area contributed by atoms with Gasteiger partial charge in [-0.05, 0) is 39.0 Å². The minimum Gasteiger partial charge on any atom is -0.378 e. The maximum Gasteiger partial charge on any atom is 0.191 e. The summed E-state index contributed by atoms with van der Waals surface area (Å²) in [6, 6.07) is 0. The van der Waals surface area contributed by atoms with Crippen LogP contribution in [0.2, 0.25) is 0 Å². The van der Waals surface area contributed by atoms with E-state index in [2.05, 4.69) is 32.7 Å². The lowest BCUT2D eigenvalue weighted by Crippen LogP contribution is -2.39. The first-order valence-electron chi connectivity index (χ1n) is 9.06. The molecule has 1 aromatic rings. The smallest absolute Gasteiger partial charge is 0.191 e. The minimum atomic E-state index is 0.365. The van der Waals surface area contributed by atoms with Crippen LogP contribution in [0.1, 0.15) is 50.7 Å². The van der Waals surface area contributed by atoms with Gasteiger partial charge in [-0.15, -0.1) is 10.2 Å². The molecule has 1 fully saturated rings. The predicted octanol–water partition coefficient (Wildman–Crippen LogP) is 1.77. The SMILES string of the molecule is CCOC(CCNC(=NC)NCc1nnc(C)n1C)C1CCCC1. The van der Waals surface area contributed by atoms with Gasteiger partial charge in [-0.1, -0.05) is 12.8 Å². The van der Waals surface area contributed by atoms with E-state index in [0.29, 0.717) is 12.6 Å². The molecule has 24 heavy (non-hydrogen) atoms. The Balaban J connectivity index is 1.75. The van der Waals surface area contributed by atoms with Crippen LogP contribution in [0.5, 0.6) is 0 Å². The first kappa shape index (κ1) is 18.7. The molecule has 0 radical (unpaired) electrons. The van der Waals surface area contributed by atoms with Gasteiger partial charge in [0.1, 0.15) is 5.82 Å². The third-order valence-electron chi connectivity index (χ3n) is 4.85. The summed E-state index contributed by atoms with van der Waals surface area (Å²) in [5.41, 5.74) is 0. The van der Waals surface area contributed by atoms with Crippen molar-refractivity contribution >= 4 is 5.96 Å². The van der Waals surface area contributed by atoms with Crippen molar-refractivity contribution in [3.8, 4) is 0 Å². The number of aryl methyl sites for hydroxylation is 1. The third-order valence-corrected chi connectivity index (χ3v) is 4.85. The van der Waals surface area contributed by atoms with Crippen LogP contribution in [0, 0.1) is 12.8 Å². The summed E-state index contributed by atoms with van der Waals surface area (Å²) < 4.78 is 7.94. The van der Waals surface area contributed by atoms with Crippen molar-refractivity contribution in [3.05, 3.63) is 11.6 Å². The maximum absolute atomic E-state index is 5.97. The normalized spacial score (nSPS) is 17.2. The average Bonchev–Trinajstić information content (AvgIpc) is 3.22. The van der Waals surface area contributed by atoms with Crippen molar-refractivity contribution < 1.29 is 4.74 Å². The number of hydrogen-bond donors (Lipinski definition) is 2. The second kappa shape index (κ2) is 9.61. The fourth-order valence-corrected chi connectivity index (χ4v) is 3.32. The molecular weight excluding hydrogens is 304 g/mol. The van der Waals surface area contributed by atoms with E-state index >= 15 is 0 Å². The molecule has 0 amide bonds. The Bertz CT molecular complexity index is 521. The van der Waals surface area contributed by atoms with Gasteiger partial charge in [-0.25, -0.2) is 0 Å². The number of nitrogens with zero attached hydrogens (tertiary/aromatic N) is 4. The second-order valence-electron chi connectivity index (χ2n) is 6.40. The Labute approximate surface area is 145 Å². The Kier molecular flexibility index (Phi) is 7.49. The number of rotatable bonds is 8. The van der Waals surface area contributed by atoms with Crippen molar-refractivity contribution in [2.75, 3.05) is 20.2 Å². The Morgan fingerprint density at radius 1 is 1.33 bits per heavy atom. The van der Waals surface area contributed by atoms with Gasteiger partial charge >= 0.3 is 0 Å². The summed E-state index contributed by atoms with van der Waals surface area (Å²) in [5, 5.41) is 14.9. The van der Waals surface area contributed by atoms with Crippen LogP contribution in [0.25, 0.3) is 0 Å². The summed E-state index contributed by atoms with van der Waals surface area (Å²) in [4.78, 5) is 4.28. The zero-order chi connectivity index (χ0) is 17.4. The van der Waals surface area contributed by atoms with E-state index in [9.17, 15) is 0 Å². The van der Waals surface area contributed by atoms with Gasteiger partial charge in [0, 0.05) is 27.2 Å². The van der Waals surface area contributed by atoms with Crippen LogP contribution in [0.3, 0.4) is 0 Å². The van der Waals surface area contributed by atoms with E-state index in [0.717, 1.165) is 43.1 Å². The molecular formula is C17H32N6O. The van der Waals surface area contributed by atoms with Crippen LogP contribution < -0.4 is 10.6 Å². The molecule has 2 N–H and O–H groups in total. The monoisotopic (exact) mass is 336 g/mol. The summed E-state index contributed by atoms with van der Waals surface area (Å²) in [5.74, 6) is 3.32. The molecule has 7 nitrogen and oxygen atoms in total. The lowest BCUT2D eigenvalue weighted by Gasteiger charge is -2.24. The van der Waals surface area contributed by atoms with E-state index in [-0.39, 0.29) is 0 Å². The van der Waals surface area contributed by atoms with Crippen molar-refractivity contribution in [1.29, 1.82) is 0 Å². The Morgan fingerprint density at radius 3 is 2.67 bits per heavy atom. The molecule has 2 rings (SSSR count). The molecule has 7 heteroatoms. The summed E-state index contributed by atoms with van der Waals surface area (Å²) in [6.07, 6.45) is 6.70. The number of guanidine groups is 1. The highest BCUT2D eigenvalue weighted by atomic mass is 16.5. The zero-order valence-electron chi connectivity index (χ0n) is 15.5. The lowest BCUT2D eigenvalue weighted by molar-refractivity contribution is 0.0169. The highest BCUT2D eigenvalue weighted by molar-refractivity contribution is 5.79. The van der Waals surface area contributed by atoms with Gasteiger partial charge < -0.3 is 19.9 Å².